The molecule has 30 heavy (non-hydrogen) atoms. The molecule has 2 amide bonds. The lowest BCUT2D eigenvalue weighted by atomic mass is 9.87. The number of nitro groups is 1. The molecule has 3 N–H and O–H groups in total. The molecule has 10 heteroatoms. The van der Waals surface area contributed by atoms with Crippen LogP contribution in [0.1, 0.15) is 35.2 Å². The second-order valence-corrected chi connectivity index (χ2v) is 6.33. The summed E-state index contributed by atoms with van der Waals surface area (Å²) in [5.41, 5.74) is 5.60. The molecule has 0 fully saturated rings. The number of nitro benzene ring substituents is 1. The van der Waals surface area contributed by atoms with E-state index in [1.54, 1.807) is 6.92 Å². The number of halogens is 1. The second-order valence-electron chi connectivity index (χ2n) is 6.33. The van der Waals surface area contributed by atoms with E-state index in [0.29, 0.717) is 5.56 Å². The first-order chi connectivity index (χ1) is 14.2. The van der Waals surface area contributed by atoms with Crippen molar-refractivity contribution in [1.82, 2.24) is 5.32 Å². The molecule has 0 saturated carbocycles. The summed E-state index contributed by atoms with van der Waals surface area (Å²) >= 11 is 0. The molecule has 0 saturated heterocycles. The number of amides is 2. The van der Waals surface area contributed by atoms with Gasteiger partial charge in [-0.05, 0) is 30.7 Å². The van der Waals surface area contributed by atoms with Gasteiger partial charge in [0.1, 0.15) is 11.9 Å². The molecular formula is C20H20FN3O6. The van der Waals surface area contributed by atoms with Gasteiger partial charge in [-0.2, -0.15) is 0 Å². The molecule has 2 atom stereocenters. The number of nitrogens with two attached hydrogens (primary N) is 1. The predicted molar refractivity (Wildman–Crippen MR) is 104 cm³/mol. The molecule has 0 aliphatic heterocycles. The van der Waals surface area contributed by atoms with Gasteiger partial charge in [0.05, 0.1) is 18.0 Å². The van der Waals surface area contributed by atoms with E-state index in [2.05, 4.69) is 5.32 Å². The van der Waals surface area contributed by atoms with E-state index in [4.69, 9.17) is 10.5 Å². The van der Waals surface area contributed by atoms with E-state index in [1.807, 2.05) is 0 Å². The van der Waals surface area contributed by atoms with Crippen molar-refractivity contribution in [3.05, 3.63) is 75.6 Å². The predicted octanol–water partition coefficient (Wildman–Crippen LogP) is 2.05. The molecule has 0 radical (unpaired) electrons. The average molecular weight is 417 g/mol. The van der Waals surface area contributed by atoms with Crippen LogP contribution in [-0.4, -0.2) is 35.4 Å². The van der Waals surface area contributed by atoms with Crippen LogP contribution in [0.3, 0.4) is 0 Å². The van der Waals surface area contributed by atoms with Crippen molar-refractivity contribution in [2.45, 2.75) is 25.3 Å². The van der Waals surface area contributed by atoms with Crippen molar-refractivity contribution < 1.29 is 28.4 Å². The summed E-state index contributed by atoms with van der Waals surface area (Å²) in [5, 5.41) is 13.3. The largest absolute Gasteiger partial charge is 0.466 e. The number of benzene rings is 2. The maximum absolute atomic E-state index is 13.4. The number of nitrogens with zero attached hydrogens (tertiary/aromatic N) is 1. The summed E-state index contributed by atoms with van der Waals surface area (Å²) in [6.07, 6.45) is -0.317. The van der Waals surface area contributed by atoms with Crippen molar-refractivity contribution in [1.29, 1.82) is 0 Å². The molecule has 0 heterocycles. The van der Waals surface area contributed by atoms with Gasteiger partial charge in [0.25, 0.3) is 11.6 Å². The lowest BCUT2D eigenvalue weighted by Gasteiger charge is -2.25. The Labute approximate surface area is 171 Å². The minimum Gasteiger partial charge on any atom is -0.466 e. The van der Waals surface area contributed by atoms with Gasteiger partial charge < -0.3 is 15.8 Å². The molecule has 0 aliphatic rings. The smallest absolute Gasteiger partial charge is 0.306 e. The number of hydrogen-bond donors (Lipinski definition) is 2. The molecule has 2 aromatic rings. The summed E-state index contributed by atoms with van der Waals surface area (Å²) < 4.78 is 18.3. The lowest BCUT2D eigenvalue weighted by molar-refractivity contribution is -0.384. The molecule has 2 rings (SSSR count). The fourth-order valence-electron chi connectivity index (χ4n) is 2.90. The Kier molecular flexibility index (Phi) is 7.56. The van der Waals surface area contributed by atoms with Crippen molar-refractivity contribution in [2.24, 2.45) is 5.73 Å². The first-order valence-corrected chi connectivity index (χ1v) is 8.98. The molecule has 2 aromatic carbocycles. The molecule has 158 valence electrons. The molecular weight excluding hydrogens is 397 g/mol. The standard InChI is InChI=1S/C20H20FN3O6/c1-2-30-17(25)11-16(12-6-8-15(9-7-12)24(28)29)18(19(22)26)23-20(27)13-4-3-5-14(21)10-13/h3-10,16,18H,2,11H2,1H3,(H2,22,26)(H,23,27)/t16-,18+/m1/s1. The summed E-state index contributed by atoms with van der Waals surface area (Å²) in [7, 11) is 0. The third-order valence-corrected chi connectivity index (χ3v) is 4.31. The zero-order chi connectivity index (χ0) is 22.3. The Bertz CT molecular complexity index is 948. The van der Waals surface area contributed by atoms with Crippen LogP contribution in [0, 0.1) is 15.9 Å². The lowest BCUT2D eigenvalue weighted by Crippen LogP contribution is -2.48. The molecule has 0 aliphatic carbocycles. The number of esters is 1. The normalized spacial score (nSPS) is 12.5. The van der Waals surface area contributed by atoms with E-state index < -0.39 is 40.5 Å². The summed E-state index contributed by atoms with van der Waals surface area (Å²) in [6.45, 7) is 1.71. The summed E-state index contributed by atoms with van der Waals surface area (Å²) in [4.78, 5) is 47.0. The Morgan fingerprint density at radius 2 is 1.87 bits per heavy atom. The van der Waals surface area contributed by atoms with Crippen molar-refractivity contribution in [3.8, 4) is 0 Å². The highest BCUT2D eigenvalue weighted by Gasteiger charge is 2.32. The van der Waals surface area contributed by atoms with Crippen LogP contribution in [0.2, 0.25) is 0 Å². The topological polar surface area (TPSA) is 142 Å². The Balaban J connectivity index is 2.38. The van der Waals surface area contributed by atoms with Gasteiger partial charge in [0, 0.05) is 23.6 Å². The van der Waals surface area contributed by atoms with E-state index in [0.717, 1.165) is 12.1 Å². The SMILES string of the molecule is CCOC(=O)C[C@H](c1ccc([N+](=O)[O-])cc1)[C@H](NC(=O)c1cccc(F)c1)C(N)=O. The molecule has 0 unspecified atom stereocenters. The van der Waals surface area contributed by atoms with Crippen LogP contribution in [-0.2, 0) is 14.3 Å². The second kappa shape index (κ2) is 10.1. The number of primary amides is 1. The highest BCUT2D eigenvalue weighted by molar-refractivity contribution is 5.97. The third-order valence-electron chi connectivity index (χ3n) is 4.31. The fourth-order valence-corrected chi connectivity index (χ4v) is 2.90. The van der Waals surface area contributed by atoms with E-state index >= 15 is 0 Å². The number of ether oxygens (including phenoxy) is 1. The van der Waals surface area contributed by atoms with Gasteiger partial charge in [-0.1, -0.05) is 18.2 Å². The van der Waals surface area contributed by atoms with Gasteiger partial charge in [-0.25, -0.2) is 4.39 Å². The molecule has 0 aromatic heterocycles. The molecule has 9 nitrogen and oxygen atoms in total. The number of carbonyl (C=O) groups is 3. The van der Waals surface area contributed by atoms with Crippen LogP contribution in [0.4, 0.5) is 10.1 Å². The number of hydrogen-bond acceptors (Lipinski definition) is 6. The van der Waals surface area contributed by atoms with Crippen LogP contribution in [0.15, 0.2) is 48.5 Å². The van der Waals surface area contributed by atoms with Gasteiger partial charge in [-0.15, -0.1) is 0 Å². The first-order valence-electron chi connectivity index (χ1n) is 8.98. The van der Waals surface area contributed by atoms with Crippen LogP contribution >= 0.6 is 0 Å². The van der Waals surface area contributed by atoms with Gasteiger partial charge in [0.15, 0.2) is 0 Å². The number of nitrogens with one attached hydrogen (secondary N) is 1. The highest BCUT2D eigenvalue weighted by atomic mass is 19.1. The third kappa shape index (κ3) is 5.84. The minimum absolute atomic E-state index is 0.0418. The molecule has 0 spiro atoms. The van der Waals surface area contributed by atoms with E-state index in [9.17, 15) is 28.9 Å². The zero-order valence-corrected chi connectivity index (χ0v) is 16.0. The maximum Gasteiger partial charge on any atom is 0.306 e. The van der Waals surface area contributed by atoms with Gasteiger partial charge in [0.2, 0.25) is 5.91 Å². The number of rotatable bonds is 9. The van der Waals surface area contributed by atoms with Crippen molar-refractivity contribution >= 4 is 23.5 Å². The highest BCUT2D eigenvalue weighted by Crippen LogP contribution is 2.27. The van der Waals surface area contributed by atoms with Crippen LogP contribution in [0.25, 0.3) is 0 Å². The zero-order valence-electron chi connectivity index (χ0n) is 16.0. The number of non-ortho nitro benzene ring substituents is 1. The van der Waals surface area contributed by atoms with Crippen LogP contribution < -0.4 is 11.1 Å². The maximum atomic E-state index is 13.4. The Hall–Kier alpha value is -3.82. The summed E-state index contributed by atoms with van der Waals surface area (Å²) in [6, 6.07) is 8.62. The van der Waals surface area contributed by atoms with E-state index in [1.165, 1.54) is 36.4 Å². The quantitative estimate of drug-likeness (QED) is 0.363. The van der Waals surface area contributed by atoms with Gasteiger partial charge >= 0.3 is 5.97 Å². The average Bonchev–Trinajstić information content (AvgIpc) is 2.70. The van der Waals surface area contributed by atoms with E-state index in [-0.39, 0.29) is 24.3 Å². The first kappa shape index (κ1) is 22.5. The molecule has 0 bridgehead atoms. The summed E-state index contributed by atoms with van der Waals surface area (Å²) in [5.74, 6) is -3.95. The monoisotopic (exact) mass is 417 g/mol. The Morgan fingerprint density at radius 1 is 1.20 bits per heavy atom. The van der Waals surface area contributed by atoms with Crippen LogP contribution in [0.5, 0.6) is 0 Å². The van der Waals surface area contributed by atoms with Crippen molar-refractivity contribution in [2.75, 3.05) is 6.61 Å². The van der Waals surface area contributed by atoms with Crippen molar-refractivity contribution in [3.63, 3.8) is 0 Å². The fraction of sp³-hybridized carbons (Fsp3) is 0.250. The number of carbonyl (C=O) groups excluding carboxylic acids is 3. The van der Waals surface area contributed by atoms with Gasteiger partial charge in [-0.3, -0.25) is 24.5 Å². The minimum atomic E-state index is -1.35. The Morgan fingerprint density at radius 3 is 2.40 bits per heavy atom.